The quantitative estimate of drug-likeness (QED) is 0.183. The summed E-state index contributed by atoms with van der Waals surface area (Å²) in [5.41, 5.74) is 0.107. The van der Waals surface area contributed by atoms with Gasteiger partial charge in [0.05, 0.1) is 0 Å². The molecule has 38 heavy (non-hydrogen) atoms. The van der Waals surface area contributed by atoms with Gasteiger partial charge in [-0.25, -0.2) is 8.78 Å². The van der Waals surface area contributed by atoms with Gasteiger partial charge < -0.3 is 35.4 Å². The maximum atomic E-state index is 13.8. The standard InChI is InChI=1S/C24H22B2F2N2O8/c27-20-7-5-16(9-18(20)25(35)36)23(33)29-11-14-1-3-15(4-2-14)12-30(13-22(31)32)24(34)17-6-8-21(28)19(10-17)26(37)38/h1-10,35-38H,11-13H2,(H,29,33)(H,31,32). The lowest BCUT2D eigenvalue weighted by molar-refractivity contribution is -0.137. The second-order valence-corrected chi connectivity index (χ2v) is 8.27. The summed E-state index contributed by atoms with van der Waals surface area (Å²) in [7, 11) is -4.23. The number of nitrogens with zero attached hydrogens (tertiary/aromatic N) is 1. The van der Waals surface area contributed by atoms with Crippen LogP contribution in [0.1, 0.15) is 31.8 Å². The highest BCUT2D eigenvalue weighted by atomic mass is 19.1. The Morgan fingerprint density at radius 2 is 1.26 bits per heavy atom. The highest BCUT2D eigenvalue weighted by Crippen LogP contribution is 2.13. The molecule has 3 rings (SSSR count). The Morgan fingerprint density at radius 3 is 1.79 bits per heavy atom. The molecule has 0 aliphatic rings. The van der Waals surface area contributed by atoms with Crippen LogP contribution in [-0.4, -0.2) is 68.7 Å². The minimum absolute atomic E-state index is 0.0200. The largest absolute Gasteiger partial charge is 0.491 e. The van der Waals surface area contributed by atoms with Gasteiger partial charge in [-0.15, -0.1) is 0 Å². The molecule has 0 spiro atoms. The fourth-order valence-corrected chi connectivity index (χ4v) is 3.57. The summed E-state index contributed by atoms with van der Waals surface area (Å²) in [6.07, 6.45) is 0. The van der Waals surface area contributed by atoms with E-state index in [0.717, 1.165) is 35.2 Å². The predicted octanol–water partition coefficient (Wildman–Crippen LogP) is -1.02. The van der Waals surface area contributed by atoms with Crippen molar-refractivity contribution in [2.24, 2.45) is 0 Å². The molecule has 0 saturated carbocycles. The first kappa shape index (κ1) is 28.5. The molecule has 14 heteroatoms. The van der Waals surface area contributed by atoms with Crippen LogP contribution in [0.3, 0.4) is 0 Å². The third kappa shape index (κ3) is 7.23. The van der Waals surface area contributed by atoms with E-state index in [4.69, 9.17) is 0 Å². The van der Waals surface area contributed by atoms with Crippen molar-refractivity contribution in [1.82, 2.24) is 10.2 Å². The van der Waals surface area contributed by atoms with Gasteiger partial charge in [0, 0.05) is 35.1 Å². The summed E-state index contributed by atoms with van der Waals surface area (Å²) in [6, 6.07) is 12.6. The molecule has 196 valence electrons. The number of rotatable bonds is 10. The number of halogens is 2. The zero-order valence-corrected chi connectivity index (χ0v) is 19.7. The van der Waals surface area contributed by atoms with Crippen molar-refractivity contribution in [3.05, 3.63) is 94.6 Å². The van der Waals surface area contributed by atoms with Crippen molar-refractivity contribution >= 4 is 42.9 Å². The first-order chi connectivity index (χ1) is 18.0. The fraction of sp³-hybridized carbons (Fsp3) is 0.125. The van der Waals surface area contributed by atoms with Gasteiger partial charge in [-0.05, 0) is 47.5 Å². The Morgan fingerprint density at radius 1 is 0.763 bits per heavy atom. The molecule has 0 fully saturated rings. The molecule has 3 aromatic carbocycles. The zero-order valence-electron chi connectivity index (χ0n) is 19.7. The number of aliphatic carboxylic acids is 1. The second-order valence-electron chi connectivity index (χ2n) is 8.27. The molecule has 0 aliphatic carbocycles. The third-order valence-corrected chi connectivity index (χ3v) is 5.52. The number of carboxylic acid groups (broad SMARTS) is 1. The van der Waals surface area contributed by atoms with Crippen molar-refractivity contribution in [3.8, 4) is 0 Å². The molecule has 0 radical (unpaired) electrons. The maximum Gasteiger partial charge on any atom is 0.491 e. The number of hydrogen-bond acceptors (Lipinski definition) is 7. The smallest absolute Gasteiger partial charge is 0.480 e. The maximum absolute atomic E-state index is 13.8. The molecule has 6 N–H and O–H groups in total. The summed E-state index contributed by atoms with van der Waals surface area (Å²) in [6.45, 7) is -0.742. The Bertz CT molecular complexity index is 1340. The van der Waals surface area contributed by atoms with Gasteiger partial charge in [0.2, 0.25) is 0 Å². The van der Waals surface area contributed by atoms with Crippen molar-refractivity contribution in [2.75, 3.05) is 6.54 Å². The SMILES string of the molecule is O=C(O)CN(Cc1ccc(CNC(=O)c2ccc(F)c(B(O)O)c2)cc1)C(=O)c1ccc(F)c(B(O)O)c1. The Labute approximate surface area is 216 Å². The fourth-order valence-electron chi connectivity index (χ4n) is 3.57. The minimum atomic E-state index is -2.16. The van der Waals surface area contributed by atoms with Crippen LogP contribution in [0.4, 0.5) is 8.78 Å². The number of nitrogens with one attached hydrogen (secondary N) is 1. The van der Waals surface area contributed by atoms with Crippen LogP contribution in [0.15, 0.2) is 60.7 Å². The molecule has 0 heterocycles. The molecular weight excluding hydrogens is 504 g/mol. The Kier molecular flexibility index (Phi) is 9.31. The molecule has 0 saturated heterocycles. The van der Waals surface area contributed by atoms with Gasteiger partial charge in [0.25, 0.3) is 11.8 Å². The van der Waals surface area contributed by atoms with Crippen LogP contribution in [-0.2, 0) is 17.9 Å². The van der Waals surface area contributed by atoms with Crippen molar-refractivity contribution in [2.45, 2.75) is 13.1 Å². The number of carboxylic acids is 1. The summed E-state index contributed by atoms with van der Waals surface area (Å²) in [5.74, 6) is -4.44. The van der Waals surface area contributed by atoms with E-state index in [1.54, 1.807) is 24.3 Å². The van der Waals surface area contributed by atoms with Gasteiger partial charge in [-0.2, -0.15) is 0 Å². The van der Waals surface area contributed by atoms with Crippen LogP contribution >= 0.6 is 0 Å². The number of amides is 2. The normalized spacial score (nSPS) is 10.6. The lowest BCUT2D eigenvalue weighted by Crippen LogP contribution is -2.37. The van der Waals surface area contributed by atoms with E-state index in [9.17, 15) is 48.4 Å². The highest BCUT2D eigenvalue weighted by molar-refractivity contribution is 6.59. The van der Waals surface area contributed by atoms with E-state index in [2.05, 4.69) is 5.32 Å². The van der Waals surface area contributed by atoms with Crippen molar-refractivity contribution < 1.29 is 48.4 Å². The predicted molar refractivity (Wildman–Crippen MR) is 132 cm³/mol. The Hall–Kier alpha value is -4.10. The average molecular weight is 526 g/mol. The van der Waals surface area contributed by atoms with Gasteiger partial charge in [0.15, 0.2) is 0 Å². The molecular formula is C24H22B2F2N2O8. The minimum Gasteiger partial charge on any atom is -0.480 e. The van der Waals surface area contributed by atoms with E-state index in [1.807, 2.05) is 0 Å². The summed E-state index contributed by atoms with van der Waals surface area (Å²) < 4.78 is 27.4. The molecule has 2 amide bonds. The van der Waals surface area contributed by atoms with E-state index in [1.165, 1.54) is 6.07 Å². The first-order valence-corrected chi connectivity index (χ1v) is 11.1. The molecule has 10 nitrogen and oxygen atoms in total. The van der Waals surface area contributed by atoms with Crippen LogP contribution in [0, 0.1) is 11.6 Å². The zero-order chi connectivity index (χ0) is 28.0. The number of benzene rings is 3. The summed E-state index contributed by atoms with van der Waals surface area (Å²) >= 11 is 0. The average Bonchev–Trinajstić information content (AvgIpc) is 2.87. The summed E-state index contributed by atoms with van der Waals surface area (Å²) in [4.78, 5) is 37.6. The lowest BCUT2D eigenvalue weighted by Gasteiger charge is -2.21. The van der Waals surface area contributed by atoms with E-state index < -0.39 is 61.1 Å². The topological polar surface area (TPSA) is 168 Å². The van der Waals surface area contributed by atoms with Gasteiger partial charge in [0.1, 0.15) is 18.2 Å². The van der Waals surface area contributed by atoms with E-state index in [-0.39, 0.29) is 24.2 Å². The molecule has 0 atom stereocenters. The van der Waals surface area contributed by atoms with Crippen LogP contribution < -0.4 is 16.2 Å². The van der Waals surface area contributed by atoms with Crippen LogP contribution in [0.2, 0.25) is 0 Å². The molecule has 0 unspecified atom stereocenters. The first-order valence-electron chi connectivity index (χ1n) is 11.1. The molecule has 0 aromatic heterocycles. The van der Waals surface area contributed by atoms with Crippen LogP contribution in [0.25, 0.3) is 0 Å². The monoisotopic (exact) mass is 526 g/mol. The van der Waals surface area contributed by atoms with E-state index in [0.29, 0.717) is 11.1 Å². The van der Waals surface area contributed by atoms with E-state index >= 15 is 0 Å². The van der Waals surface area contributed by atoms with Gasteiger partial charge in [-0.1, -0.05) is 24.3 Å². The molecule has 0 bridgehead atoms. The number of hydrogen-bond donors (Lipinski definition) is 6. The second kappa shape index (κ2) is 12.4. The molecule has 3 aromatic rings. The highest BCUT2D eigenvalue weighted by Gasteiger charge is 2.23. The summed E-state index contributed by atoms with van der Waals surface area (Å²) in [5, 5.41) is 48.8. The number of carbonyl (C=O) groups excluding carboxylic acids is 2. The molecule has 0 aliphatic heterocycles. The van der Waals surface area contributed by atoms with Crippen molar-refractivity contribution in [1.29, 1.82) is 0 Å². The number of carbonyl (C=O) groups is 3. The third-order valence-electron chi connectivity index (χ3n) is 5.52. The van der Waals surface area contributed by atoms with Gasteiger partial charge in [-0.3, -0.25) is 14.4 Å². The Balaban J connectivity index is 1.68. The van der Waals surface area contributed by atoms with Crippen LogP contribution in [0.5, 0.6) is 0 Å². The van der Waals surface area contributed by atoms with Gasteiger partial charge >= 0.3 is 20.2 Å². The lowest BCUT2D eigenvalue weighted by atomic mass is 9.79. The van der Waals surface area contributed by atoms with Crippen molar-refractivity contribution in [3.63, 3.8) is 0 Å².